The molecule has 3 nitrogen and oxygen atoms in total. The third-order valence-corrected chi connectivity index (χ3v) is 5.17. The van der Waals surface area contributed by atoms with Crippen molar-refractivity contribution in [3.05, 3.63) is 108 Å². The summed E-state index contributed by atoms with van der Waals surface area (Å²) in [6.07, 6.45) is 5.10. The third-order valence-electron chi connectivity index (χ3n) is 5.17. The Labute approximate surface area is 186 Å². The molecule has 0 aromatic heterocycles. The van der Waals surface area contributed by atoms with Crippen molar-refractivity contribution in [2.45, 2.75) is 12.0 Å². The maximum Gasteiger partial charge on any atom is 0.119 e. The van der Waals surface area contributed by atoms with E-state index in [0.29, 0.717) is 0 Å². The molecule has 3 aromatic rings. The van der Waals surface area contributed by atoms with Crippen molar-refractivity contribution in [3.8, 4) is 5.75 Å². The molecule has 0 spiro atoms. The Kier molecular flexibility index (Phi) is 9.62. The highest BCUT2D eigenvalue weighted by atomic mass is 35.5. The lowest BCUT2D eigenvalue weighted by molar-refractivity contribution is 0.0149. The van der Waals surface area contributed by atoms with Gasteiger partial charge in [0.15, 0.2) is 0 Å². The molecule has 3 aromatic carbocycles. The Bertz CT molecular complexity index is 840. The molecule has 30 heavy (non-hydrogen) atoms. The van der Waals surface area contributed by atoms with Crippen molar-refractivity contribution in [2.24, 2.45) is 0 Å². The molecule has 1 N–H and O–H groups in total. The van der Waals surface area contributed by atoms with Gasteiger partial charge in [0.05, 0.1) is 7.11 Å². The number of ether oxygens (including phenoxy) is 2. The van der Waals surface area contributed by atoms with E-state index in [4.69, 9.17) is 9.47 Å². The lowest BCUT2D eigenvalue weighted by Crippen LogP contribution is -2.34. The molecule has 4 heteroatoms. The molecule has 0 atom stereocenters. The Morgan fingerprint density at radius 2 is 1.37 bits per heavy atom. The van der Waals surface area contributed by atoms with Gasteiger partial charge in [-0.3, -0.25) is 0 Å². The number of rotatable bonds is 10. The average molecular weight is 424 g/mol. The molecular formula is C26H30ClNO2. The summed E-state index contributed by atoms with van der Waals surface area (Å²) in [6, 6.07) is 28.9. The van der Waals surface area contributed by atoms with E-state index in [0.717, 1.165) is 30.8 Å². The number of benzene rings is 3. The van der Waals surface area contributed by atoms with E-state index in [2.05, 4.69) is 78.1 Å². The van der Waals surface area contributed by atoms with E-state index in [1.54, 1.807) is 14.2 Å². The smallest absolute Gasteiger partial charge is 0.119 e. The summed E-state index contributed by atoms with van der Waals surface area (Å²) < 4.78 is 11.3. The summed E-state index contributed by atoms with van der Waals surface area (Å²) in [4.78, 5) is 0. The molecule has 0 saturated heterocycles. The van der Waals surface area contributed by atoms with E-state index in [-0.39, 0.29) is 12.4 Å². The van der Waals surface area contributed by atoms with Gasteiger partial charge in [-0.15, -0.1) is 12.4 Å². The Morgan fingerprint density at radius 1 is 0.800 bits per heavy atom. The fourth-order valence-corrected chi connectivity index (χ4v) is 3.57. The first-order valence-electron chi connectivity index (χ1n) is 9.96. The molecule has 0 aliphatic heterocycles. The molecule has 0 radical (unpaired) electrons. The predicted molar refractivity (Wildman–Crippen MR) is 127 cm³/mol. The molecule has 0 heterocycles. The van der Waals surface area contributed by atoms with E-state index >= 15 is 0 Å². The number of hydrogen-bond acceptors (Lipinski definition) is 3. The second-order valence-corrected chi connectivity index (χ2v) is 6.89. The molecule has 0 unspecified atom stereocenters. The van der Waals surface area contributed by atoms with Crippen LogP contribution >= 0.6 is 12.4 Å². The van der Waals surface area contributed by atoms with Crippen LogP contribution < -0.4 is 10.1 Å². The summed E-state index contributed by atoms with van der Waals surface area (Å²) in [7, 11) is 3.48. The molecule has 0 aliphatic carbocycles. The van der Waals surface area contributed by atoms with Gasteiger partial charge in [-0.2, -0.15) is 0 Å². The van der Waals surface area contributed by atoms with Crippen molar-refractivity contribution in [2.75, 3.05) is 27.3 Å². The standard InChI is InChI=1S/C26H29NO2.ClH/c1-28-25-17-15-22(16-18-25)10-9-20-27-21-19-26(29-2,23-11-5-3-6-12-23)24-13-7-4-8-14-24;/h3-18,27H,19-21H2,1-2H3;1H. The van der Waals surface area contributed by atoms with E-state index < -0.39 is 5.60 Å². The van der Waals surface area contributed by atoms with Gasteiger partial charge in [-0.05, 0) is 41.8 Å². The predicted octanol–water partition coefficient (Wildman–Crippen LogP) is 5.70. The zero-order valence-corrected chi connectivity index (χ0v) is 18.4. The van der Waals surface area contributed by atoms with Gasteiger partial charge >= 0.3 is 0 Å². The van der Waals surface area contributed by atoms with Crippen LogP contribution in [0.5, 0.6) is 5.75 Å². The molecule has 0 fully saturated rings. The van der Waals surface area contributed by atoms with Gasteiger partial charge in [0, 0.05) is 13.7 Å². The Hall–Kier alpha value is -2.59. The van der Waals surface area contributed by atoms with Crippen LogP contribution in [0.15, 0.2) is 91.0 Å². The van der Waals surface area contributed by atoms with Crippen molar-refractivity contribution in [1.82, 2.24) is 5.32 Å². The van der Waals surface area contributed by atoms with Crippen molar-refractivity contribution in [3.63, 3.8) is 0 Å². The van der Waals surface area contributed by atoms with Crippen LogP contribution in [-0.4, -0.2) is 27.3 Å². The van der Waals surface area contributed by atoms with Crippen LogP contribution in [-0.2, 0) is 10.3 Å². The minimum absolute atomic E-state index is 0. The van der Waals surface area contributed by atoms with Gasteiger partial charge in [-0.1, -0.05) is 84.9 Å². The number of methoxy groups -OCH3 is 2. The first-order valence-corrected chi connectivity index (χ1v) is 9.96. The highest BCUT2D eigenvalue weighted by molar-refractivity contribution is 5.85. The fourth-order valence-electron chi connectivity index (χ4n) is 3.57. The molecule has 0 amide bonds. The molecule has 158 valence electrons. The van der Waals surface area contributed by atoms with E-state index in [1.165, 1.54) is 11.1 Å². The molecule has 0 bridgehead atoms. The lowest BCUT2D eigenvalue weighted by atomic mass is 9.83. The zero-order valence-electron chi connectivity index (χ0n) is 17.6. The Balaban J connectivity index is 0.00000320. The summed E-state index contributed by atoms with van der Waals surface area (Å²) in [5, 5.41) is 3.52. The van der Waals surface area contributed by atoms with Crippen LogP contribution in [0.4, 0.5) is 0 Å². The number of nitrogens with one attached hydrogen (secondary N) is 1. The zero-order chi connectivity index (χ0) is 20.4. The van der Waals surface area contributed by atoms with Crippen LogP contribution in [0.1, 0.15) is 23.1 Å². The minimum atomic E-state index is -0.463. The molecular weight excluding hydrogens is 394 g/mol. The van der Waals surface area contributed by atoms with Crippen LogP contribution in [0.3, 0.4) is 0 Å². The fraction of sp³-hybridized carbons (Fsp3) is 0.231. The Morgan fingerprint density at radius 3 is 1.87 bits per heavy atom. The van der Waals surface area contributed by atoms with Crippen LogP contribution in [0, 0.1) is 0 Å². The van der Waals surface area contributed by atoms with Crippen LogP contribution in [0.2, 0.25) is 0 Å². The first-order chi connectivity index (χ1) is 14.3. The van der Waals surface area contributed by atoms with Gasteiger partial charge in [0.2, 0.25) is 0 Å². The van der Waals surface area contributed by atoms with Crippen molar-refractivity contribution >= 4 is 18.5 Å². The largest absolute Gasteiger partial charge is 0.497 e. The highest BCUT2D eigenvalue weighted by Gasteiger charge is 2.33. The van der Waals surface area contributed by atoms with Crippen molar-refractivity contribution in [1.29, 1.82) is 0 Å². The van der Waals surface area contributed by atoms with E-state index in [1.807, 2.05) is 24.3 Å². The van der Waals surface area contributed by atoms with Gasteiger partial charge in [-0.25, -0.2) is 0 Å². The topological polar surface area (TPSA) is 30.5 Å². The maximum absolute atomic E-state index is 6.14. The average Bonchev–Trinajstić information content (AvgIpc) is 2.80. The van der Waals surface area contributed by atoms with Gasteiger partial charge < -0.3 is 14.8 Å². The second kappa shape index (κ2) is 12.2. The highest BCUT2D eigenvalue weighted by Crippen LogP contribution is 2.36. The van der Waals surface area contributed by atoms with Gasteiger partial charge in [0.1, 0.15) is 11.4 Å². The maximum atomic E-state index is 6.14. The monoisotopic (exact) mass is 423 g/mol. The summed E-state index contributed by atoms with van der Waals surface area (Å²) in [6.45, 7) is 1.64. The van der Waals surface area contributed by atoms with Gasteiger partial charge in [0.25, 0.3) is 0 Å². The molecule has 0 saturated carbocycles. The third kappa shape index (κ3) is 5.96. The lowest BCUT2D eigenvalue weighted by Gasteiger charge is -2.34. The summed E-state index contributed by atoms with van der Waals surface area (Å²) in [5.41, 5.74) is 3.04. The molecule has 3 rings (SSSR count). The summed E-state index contributed by atoms with van der Waals surface area (Å²) >= 11 is 0. The normalized spacial score (nSPS) is 11.3. The molecule has 0 aliphatic rings. The van der Waals surface area contributed by atoms with Crippen molar-refractivity contribution < 1.29 is 9.47 Å². The SMILES string of the molecule is COc1ccc(C=CCNCCC(OC)(c2ccccc2)c2ccccc2)cc1.Cl. The minimum Gasteiger partial charge on any atom is -0.497 e. The van der Waals surface area contributed by atoms with Crippen LogP contribution in [0.25, 0.3) is 6.08 Å². The summed E-state index contributed by atoms with van der Waals surface area (Å²) in [5.74, 6) is 0.873. The number of hydrogen-bond donors (Lipinski definition) is 1. The quantitative estimate of drug-likeness (QED) is 0.424. The second-order valence-electron chi connectivity index (χ2n) is 6.89. The first kappa shape index (κ1) is 23.7. The van der Waals surface area contributed by atoms with E-state index in [9.17, 15) is 0 Å². The number of halogens is 1.